The maximum absolute atomic E-state index is 13.3. The van der Waals surface area contributed by atoms with Crippen molar-refractivity contribution < 1.29 is 9.53 Å². The van der Waals surface area contributed by atoms with Gasteiger partial charge in [-0.05, 0) is 43.9 Å². The number of carbonyl (C=O) groups is 1. The van der Waals surface area contributed by atoms with Crippen LogP contribution >= 0.6 is 11.3 Å². The number of anilines is 1. The minimum absolute atomic E-state index is 0.00322. The number of aromatic nitrogens is 3. The molecule has 1 aromatic carbocycles. The van der Waals surface area contributed by atoms with Crippen LogP contribution in [0, 0.1) is 6.92 Å². The predicted molar refractivity (Wildman–Crippen MR) is 113 cm³/mol. The molecule has 3 aromatic rings. The molecule has 2 N–H and O–H groups in total. The lowest BCUT2D eigenvalue weighted by atomic mass is 9.93. The van der Waals surface area contributed by atoms with Crippen LogP contribution in [0.5, 0.6) is 5.75 Å². The summed E-state index contributed by atoms with van der Waals surface area (Å²) >= 11 is 1.38. The van der Waals surface area contributed by atoms with E-state index in [9.17, 15) is 4.79 Å². The number of ether oxygens (including phenoxy) is 1. The number of piperidine rings is 1. The molecule has 0 aliphatic carbocycles. The lowest BCUT2D eigenvalue weighted by molar-refractivity contribution is 0.0611. The Morgan fingerprint density at radius 2 is 2.17 bits per heavy atom. The number of nitrogens with zero attached hydrogens (tertiary/aromatic N) is 4. The Morgan fingerprint density at radius 1 is 1.31 bits per heavy atom. The van der Waals surface area contributed by atoms with Gasteiger partial charge >= 0.3 is 0 Å². The van der Waals surface area contributed by atoms with Gasteiger partial charge in [-0.2, -0.15) is 0 Å². The van der Waals surface area contributed by atoms with Gasteiger partial charge in [0.1, 0.15) is 10.6 Å². The normalized spacial score (nSPS) is 16.6. The number of aryl methyl sites for hydroxylation is 1. The number of benzene rings is 1. The molecular weight excluding hydrogens is 386 g/mol. The molecule has 0 radical (unpaired) electrons. The van der Waals surface area contributed by atoms with Crippen molar-refractivity contribution in [1.82, 2.24) is 19.9 Å². The second-order valence-corrected chi connectivity index (χ2v) is 7.89. The van der Waals surface area contributed by atoms with Crippen LogP contribution in [0.15, 0.2) is 36.0 Å². The summed E-state index contributed by atoms with van der Waals surface area (Å²) in [6.07, 6.45) is 4.56. The molecule has 4 rings (SSSR count). The molecule has 0 saturated carbocycles. The molecule has 1 amide bonds. The molecule has 29 heavy (non-hydrogen) atoms. The van der Waals surface area contributed by atoms with Gasteiger partial charge < -0.3 is 15.4 Å². The molecule has 1 saturated heterocycles. The number of nitrogen functional groups attached to an aromatic ring is 1. The Balaban J connectivity index is 1.78. The lowest BCUT2D eigenvalue weighted by Gasteiger charge is -2.36. The van der Waals surface area contributed by atoms with Crippen LogP contribution in [0.3, 0.4) is 0 Å². The van der Waals surface area contributed by atoms with Crippen molar-refractivity contribution in [2.75, 3.05) is 19.4 Å². The van der Waals surface area contributed by atoms with Gasteiger partial charge in [0.15, 0.2) is 0 Å². The molecule has 1 unspecified atom stereocenters. The molecule has 0 bridgehead atoms. The Labute approximate surface area is 173 Å². The Bertz CT molecular complexity index is 1040. The van der Waals surface area contributed by atoms with Crippen molar-refractivity contribution in [3.8, 4) is 16.9 Å². The van der Waals surface area contributed by atoms with Gasteiger partial charge in [0.2, 0.25) is 5.95 Å². The van der Waals surface area contributed by atoms with E-state index in [0.717, 1.165) is 47.5 Å². The van der Waals surface area contributed by atoms with E-state index >= 15 is 0 Å². The Kier molecular flexibility index (Phi) is 5.44. The fourth-order valence-corrected chi connectivity index (χ4v) is 4.53. The smallest absolute Gasteiger partial charge is 0.266 e. The number of methoxy groups -OCH3 is 1. The SMILES string of the molecule is COc1cccc(-c2cnc(N)nc2C2CCCCN2C(=O)c2scnc2C)c1. The lowest BCUT2D eigenvalue weighted by Crippen LogP contribution is -2.39. The summed E-state index contributed by atoms with van der Waals surface area (Å²) in [5.41, 5.74) is 11.0. The van der Waals surface area contributed by atoms with E-state index in [1.165, 1.54) is 11.3 Å². The molecule has 8 heteroatoms. The van der Waals surface area contributed by atoms with E-state index in [0.29, 0.717) is 11.4 Å². The van der Waals surface area contributed by atoms with E-state index in [-0.39, 0.29) is 17.9 Å². The fraction of sp³-hybridized carbons (Fsp3) is 0.333. The third kappa shape index (κ3) is 3.80. The van der Waals surface area contributed by atoms with Crippen LogP contribution in [-0.4, -0.2) is 39.4 Å². The Hall–Kier alpha value is -3.00. The number of carbonyl (C=O) groups excluding carboxylic acids is 1. The number of thiazole rings is 1. The predicted octanol–water partition coefficient (Wildman–Crippen LogP) is 3.87. The highest BCUT2D eigenvalue weighted by molar-refractivity contribution is 7.11. The summed E-state index contributed by atoms with van der Waals surface area (Å²) in [6, 6.07) is 7.59. The van der Waals surface area contributed by atoms with Crippen molar-refractivity contribution in [2.24, 2.45) is 0 Å². The molecule has 150 valence electrons. The number of likely N-dealkylation sites (tertiary alicyclic amines) is 1. The van der Waals surface area contributed by atoms with Crippen molar-refractivity contribution in [3.63, 3.8) is 0 Å². The first kappa shape index (κ1) is 19.3. The van der Waals surface area contributed by atoms with Crippen LogP contribution in [0.4, 0.5) is 5.95 Å². The summed E-state index contributed by atoms with van der Waals surface area (Å²) in [4.78, 5) is 28.9. The van der Waals surface area contributed by atoms with Gasteiger partial charge in [-0.15, -0.1) is 11.3 Å². The molecule has 1 fully saturated rings. The zero-order chi connectivity index (χ0) is 20.4. The van der Waals surface area contributed by atoms with E-state index in [2.05, 4.69) is 15.0 Å². The summed E-state index contributed by atoms with van der Waals surface area (Å²) < 4.78 is 5.37. The molecule has 2 aromatic heterocycles. The average Bonchev–Trinajstić information content (AvgIpc) is 3.19. The van der Waals surface area contributed by atoms with Crippen LogP contribution in [0.25, 0.3) is 11.1 Å². The first-order valence-electron chi connectivity index (χ1n) is 9.56. The minimum Gasteiger partial charge on any atom is -0.497 e. The van der Waals surface area contributed by atoms with Crippen molar-refractivity contribution in [2.45, 2.75) is 32.2 Å². The first-order valence-corrected chi connectivity index (χ1v) is 10.4. The third-order valence-electron chi connectivity index (χ3n) is 5.24. The zero-order valence-corrected chi connectivity index (χ0v) is 17.3. The molecule has 3 heterocycles. The van der Waals surface area contributed by atoms with Crippen LogP contribution in [0.1, 0.15) is 46.4 Å². The maximum Gasteiger partial charge on any atom is 0.266 e. The summed E-state index contributed by atoms with van der Waals surface area (Å²) in [5, 5.41) is 0. The van der Waals surface area contributed by atoms with Gasteiger partial charge in [0.05, 0.1) is 30.1 Å². The quantitative estimate of drug-likeness (QED) is 0.703. The second kappa shape index (κ2) is 8.16. The van der Waals surface area contributed by atoms with Gasteiger partial charge in [-0.3, -0.25) is 4.79 Å². The summed E-state index contributed by atoms with van der Waals surface area (Å²) in [6.45, 7) is 2.55. The van der Waals surface area contributed by atoms with E-state index in [4.69, 9.17) is 10.5 Å². The molecule has 1 atom stereocenters. The standard InChI is InChI=1S/C21H23N5O2S/c1-13-19(29-12-24-13)20(27)26-9-4-3-8-17(26)18-16(11-23-21(22)25-18)14-6-5-7-15(10-14)28-2/h5-7,10-12,17H,3-4,8-9H2,1-2H3,(H2,22,23,25). The van der Waals surface area contributed by atoms with Gasteiger partial charge in [0, 0.05) is 18.3 Å². The van der Waals surface area contributed by atoms with Crippen molar-refractivity contribution >= 4 is 23.2 Å². The van der Waals surface area contributed by atoms with E-state index in [1.807, 2.05) is 36.1 Å². The first-order chi connectivity index (χ1) is 14.1. The number of amides is 1. The Morgan fingerprint density at radius 3 is 2.93 bits per heavy atom. The number of rotatable bonds is 4. The molecular formula is C21H23N5O2S. The highest BCUT2D eigenvalue weighted by Gasteiger charge is 2.33. The van der Waals surface area contributed by atoms with Crippen LogP contribution in [0.2, 0.25) is 0 Å². The average molecular weight is 410 g/mol. The van der Waals surface area contributed by atoms with Crippen LogP contribution in [-0.2, 0) is 0 Å². The van der Waals surface area contributed by atoms with Gasteiger partial charge in [-0.25, -0.2) is 15.0 Å². The maximum atomic E-state index is 13.3. The number of hydrogen-bond donors (Lipinski definition) is 1. The highest BCUT2D eigenvalue weighted by Crippen LogP contribution is 2.37. The van der Waals surface area contributed by atoms with Gasteiger partial charge in [0.25, 0.3) is 5.91 Å². The van der Waals surface area contributed by atoms with E-state index in [1.54, 1.807) is 18.8 Å². The third-order valence-corrected chi connectivity index (χ3v) is 6.15. The molecule has 7 nitrogen and oxygen atoms in total. The molecule has 1 aliphatic rings. The molecule has 1 aliphatic heterocycles. The van der Waals surface area contributed by atoms with Crippen molar-refractivity contribution in [3.05, 3.63) is 52.2 Å². The zero-order valence-electron chi connectivity index (χ0n) is 16.5. The number of hydrogen-bond acceptors (Lipinski definition) is 7. The second-order valence-electron chi connectivity index (χ2n) is 7.04. The summed E-state index contributed by atoms with van der Waals surface area (Å²) in [7, 11) is 1.64. The van der Waals surface area contributed by atoms with Gasteiger partial charge in [-0.1, -0.05) is 12.1 Å². The monoisotopic (exact) mass is 409 g/mol. The van der Waals surface area contributed by atoms with Crippen molar-refractivity contribution in [1.29, 1.82) is 0 Å². The fourth-order valence-electron chi connectivity index (χ4n) is 3.77. The van der Waals surface area contributed by atoms with E-state index < -0.39 is 0 Å². The minimum atomic E-state index is -0.163. The summed E-state index contributed by atoms with van der Waals surface area (Å²) in [5.74, 6) is 0.962. The largest absolute Gasteiger partial charge is 0.497 e. The highest BCUT2D eigenvalue weighted by atomic mass is 32.1. The number of nitrogens with two attached hydrogens (primary N) is 1. The van der Waals surface area contributed by atoms with Crippen LogP contribution < -0.4 is 10.5 Å². The topological polar surface area (TPSA) is 94.2 Å². The molecule has 0 spiro atoms.